The number of nitrogens with one attached hydrogen (secondary N) is 1. The summed E-state index contributed by atoms with van der Waals surface area (Å²) < 4.78 is 17.9. The molecule has 118 valence electrons. The topological polar surface area (TPSA) is 38.3 Å². The molecular formula is C16H24FNO2S. The normalized spacial score (nSPS) is 13.7. The number of halogens is 1. The van der Waals surface area contributed by atoms with Gasteiger partial charge >= 0.3 is 5.97 Å². The fourth-order valence-electron chi connectivity index (χ4n) is 1.92. The van der Waals surface area contributed by atoms with Crippen molar-refractivity contribution in [3.63, 3.8) is 0 Å². The summed E-state index contributed by atoms with van der Waals surface area (Å²) in [5, 5.41) is 3.05. The number of likely N-dealkylation sites (N-methyl/N-ethyl adjacent to an activating group) is 1. The van der Waals surface area contributed by atoms with Gasteiger partial charge in [0.15, 0.2) is 0 Å². The van der Waals surface area contributed by atoms with Crippen molar-refractivity contribution >= 4 is 17.7 Å². The van der Waals surface area contributed by atoms with E-state index in [0.717, 1.165) is 29.9 Å². The van der Waals surface area contributed by atoms with Crippen LogP contribution in [0.4, 0.5) is 4.39 Å². The summed E-state index contributed by atoms with van der Waals surface area (Å²) >= 11 is 1.70. The van der Waals surface area contributed by atoms with Gasteiger partial charge in [0.2, 0.25) is 0 Å². The summed E-state index contributed by atoms with van der Waals surface area (Å²) in [5.74, 6) is 0.547. The standard InChI is InChI=1S/C16H24FNO2S/c1-4-20-15(19)16(2,18-3)11-5-6-12-21-14-9-7-13(17)8-10-14/h7-10,18H,4-6,11-12H2,1-3H3. The summed E-state index contributed by atoms with van der Waals surface area (Å²) in [6.45, 7) is 4.09. The molecule has 1 rings (SSSR count). The molecule has 0 aliphatic heterocycles. The third-order valence-electron chi connectivity index (χ3n) is 3.43. The number of rotatable bonds is 9. The predicted octanol–water partition coefficient (Wildman–Crippen LogP) is 3.63. The van der Waals surface area contributed by atoms with Gasteiger partial charge in [0, 0.05) is 4.90 Å². The fraction of sp³-hybridized carbons (Fsp3) is 0.562. The van der Waals surface area contributed by atoms with Gasteiger partial charge < -0.3 is 10.1 Å². The molecule has 0 spiro atoms. The largest absolute Gasteiger partial charge is 0.465 e. The number of carbonyl (C=O) groups excluding carboxylic acids is 1. The number of hydrogen-bond donors (Lipinski definition) is 1. The number of esters is 1. The smallest absolute Gasteiger partial charge is 0.326 e. The first-order valence-electron chi connectivity index (χ1n) is 7.26. The van der Waals surface area contributed by atoms with Gasteiger partial charge in [0.25, 0.3) is 0 Å². The molecule has 5 heteroatoms. The summed E-state index contributed by atoms with van der Waals surface area (Å²) in [6, 6.07) is 6.52. The predicted molar refractivity (Wildman–Crippen MR) is 85.1 cm³/mol. The lowest BCUT2D eigenvalue weighted by Gasteiger charge is -2.26. The Morgan fingerprint density at radius 3 is 2.57 bits per heavy atom. The lowest BCUT2D eigenvalue weighted by Crippen LogP contribution is -2.48. The number of ether oxygens (including phenoxy) is 1. The van der Waals surface area contributed by atoms with Crippen LogP contribution in [0.5, 0.6) is 0 Å². The van der Waals surface area contributed by atoms with Gasteiger partial charge in [-0.3, -0.25) is 4.79 Å². The van der Waals surface area contributed by atoms with E-state index in [1.165, 1.54) is 12.1 Å². The van der Waals surface area contributed by atoms with Crippen LogP contribution >= 0.6 is 11.8 Å². The molecule has 0 aromatic heterocycles. The second-order valence-corrected chi connectivity index (χ2v) is 6.23. The number of carbonyl (C=O) groups is 1. The number of hydrogen-bond acceptors (Lipinski definition) is 4. The molecule has 0 aliphatic carbocycles. The molecule has 1 N–H and O–H groups in total. The molecule has 0 saturated carbocycles. The highest BCUT2D eigenvalue weighted by atomic mass is 32.2. The van der Waals surface area contributed by atoms with Gasteiger partial charge in [-0.2, -0.15) is 0 Å². The van der Waals surface area contributed by atoms with Crippen molar-refractivity contribution in [3.05, 3.63) is 30.1 Å². The van der Waals surface area contributed by atoms with Crippen molar-refractivity contribution in [3.8, 4) is 0 Å². The Morgan fingerprint density at radius 1 is 1.33 bits per heavy atom. The van der Waals surface area contributed by atoms with Gasteiger partial charge in [-0.1, -0.05) is 6.42 Å². The van der Waals surface area contributed by atoms with Crippen molar-refractivity contribution < 1.29 is 13.9 Å². The van der Waals surface area contributed by atoms with E-state index in [0.29, 0.717) is 6.61 Å². The highest BCUT2D eigenvalue weighted by Gasteiger charge is 2.32. The van der Waals surface area contributed by atoms with Crippen LogP contribution in [0.2, 0.25) is 0 Å². The van der Waals surface area contributed by atoms with Gasteiger partial charge in [-0.25, -0.2) is 4.39 Å². The molecule has 0 fully saturated rings. The van der Waals surface area contributed by atoms with Crippen LogP contribution < -0.4 is 5.32 Å². The van der Waals surface area contributed by atoms with Gasteiger partial charge in [0.1, 0.15) is 11.4 Å². The van der Waals surface area contributed by atoms with E-state index in [1.807, 2.05) is 13.8 Å². The molecular weight excluding hydrogens is 289 g/mol. The molecule has 21 heavy (non-hydrogen) atoms. The maximum atomic E-state index is 12.8. The molecule has 1 aromatic carbocycles. The second-order valence-electron chi connectivity index (χ2n) is 5.06. The molecule has 0 aliphatic rings. The summed E-state index contributed by atoms with van der Waals surface area (Å²) in [4.78, 5) is 13.0. The number of thioether (sulfide) groups is 1. The third-order valence-corrected chi connectivity index (χ3v) is 4.53. The minimum atomic E-state index is -0.615. The zero-order valence-electron chi connectivity index (χ0n) is 12.9. The SMILES string of the molecule is CCOC(=O)C(C)(CCCCSc1ccc(F)cc1)NC. The average molecular weight is 313 g/mol. The van der Waals surface area contributed by atoms with Crippen LogP contribution in [0, 0.1) is 5.82 Å². The van der Waals surface area contributed by atoms with E-state index in [9.17, 15) is 9.18 Å². The van der Waals surface area contributed by atoms with Gasteiger partial charge in [-0.05, 0) is 63.8 Å². The summed E-state index contributed by atoms with van der Waals surface area (Å²) in [6.07, 6.45) is 2.68. The van der Waals surface area contributed by atoms with Crippen LogP contribution in [0.3, 0.4) is 0 Å². The Morgan fingerprint density at radius 2 is 2.00 bits per heavy atom. The van der Waals surface area contributed by atoms with Crippen LogP contribution in [0.25, 0.3) is 0 Å². The van der Waals surface area contributed by atoms with Crippen LogP contribution in [-0.2, 0) is 9.53 Å². The molecule has 0 bridgehead atoms. The Kier molecular flexibility index (Phi) is 7.75. The second kappa shape index (κ2) is 9.05. The number of unbranched alkanes of at least 4 members (excludes halogenated alkanes) is 1. The van der Waals surface area contributed by atoms with Crippen LogP contribution in [-0.4, -0.2) is 30.9 Å². The number of benzene rings is 1. The van der Waals surface area contributed by atoms with Crippen LogP contribution in [0.15, 0.2) is 29.2 Å². The minimum Gasteiger partial charge on any atom is -0.465 e. The Hall–Kier alpha value is -1.07. The molecule has 3 nitrogen and oxygen atoms in total. The molecule has 1 atom stereocenters. The average Bonchev–Trinajstić information content (AvgIpc) is 2.48. The monoisotopic (exact) mass is 313 g/mol. The van der Waals surface area contributed by atoms with E-state index in [2.05, 4.69) is 5.32 Å². The first-order valence-corrected chi connectivity index (χ1v) is 8.25. The highest BCUT2D eigenvalue weighted by molar-refractivity contribution is 7.99. The van der Waals surface area contributed by atoms with E-state index in [1.54, 1.807) is 30.9 Å². The Bertz CT molecular complexity index is 438. The maximum Gasteiger partial charge on any atom is 0.326 e. The first kappa shape index (κ1) is 18.0. The van der Waals surface area contributed by atoms with E-state index >= 15 is 0 Å². The van der Waals surface area contributed by atoms with Crippen molar-refractivity contribution in [1.29, 1.82) is 0 Å². The summed E-state index contributed by atoms with van der Waals surface area (Å²) in [7, 11) is 1.78. The highest BCUT2D eigenvalue weighted by Crippen LogP contribution is 2.22. The summed E-state index contributed by atoms with van der Waals surface area (Å²) in [5.41, 5.74) is -0.615. The third kappa shape index (κ3) is 6.06. The van der Waals surface area contributed by atoms with Gasteiger partial charge in [0.05, 0.1) is 6.61 Å². The van der Waals surface area contributed by atoms with Gasteiger partial charge in [-0.15, -0.1) is 11.8 Å². The zero-order valence-corrected chi connectivity index (χ0v) is 13.8. The van der Waals surface area contributed by atoms with E-state index in [-0.39, 0.29) is 11.8 Å². The maximum absolute atomic E-state index is 12.8. The van der Waals surface area contributed by atoms with Crippen molar-refractivity contribution in [1.82, 2.24) is 5.32 Å². The Labute approximate surface area is 130 Å². The quantitative estimate of drug-likeness (QED) is 0.429. The Balaban J connectivity index is 2.28. The van der Waals surface area contributed by atoms with Crippen molar-refractivity contribution in [2.24, 2.45) is 0 Å². The lowest BCUT2D eigenvalue weighted by atomic mass is 9.95. The zero-order chi connectivity index (χ0) is 15.7. The van der Waals surface area contributed by atoms with Crippen molar-refractivity contribution in [2.45, 2.75) is 43.5 Å². The van der Waals surface area contributed by atoms with E-state index in [4.69, 9.17) is 4.74 Å². The molecule has 0 saturated heterocycles. The minimum absolute atomic E-state index is 0.196. The van der Waals surface area contributed by atoms with Crippen molar-refractivity contribution in [2.75, 3.05) is 19.4 Å². The molecule has 1 aromatic rings. The molecule has 0 amide bonds. The fourth-order valence-corrected chi connectivity index (χ4v) is 2.83. The van der Waals surface area contributed by atoms with Crippen LogP contribution in [0.1, 0.15) is 33.1 Å². The first-order chi connectivity index (χ1) is 10.0. The lowest BCUT2D eigenvalue weighted by molar-refractivity contribution is -0.150. The van der Waals surface area contributed by atoms with E-state index < -0.39 is 5.54 Å². The molecule has 1 unspecified atom stereocenters. The molecule has 0 radical (unpaired) electrons. The molecule has 0 heterocycles.